The van der Waals surface area contributed by atoms with Crippen molar-refractivity contribution < 1.29 is 14.3 Å². The van der Waals surface area contributed by atoms with Crippen LogP contribution in [-0.4, -0.2) is 41.4 Å². The largest absolute Gasteiger partial charge is 0.493 e. The molecule has 1 aromatic heterocycles. The van der Waals surface area contributed by atoms with E-state index in [2.05, 4.69) is 15.4 Å². The standard InChI is InChI=1S/C15H20N4O3/c1-21-13-4-3-12(9-14(13)22-2)5-7-17-15(20)6-8-19-11-16-10-18-19/h3-4,9-11H,5-8H2,1-2H3,(H,17,20). The van der Waals surface area contributed by atoms with Crippen LogP contribution in [0.25, 0.3) is 0 Å². The van der Waals surface area contributed by atoms with Crippen molar-refractivity contribution in [3.8, 4) is 11.5 Å². The first-order valence-electron chi connectivity index (χ1n) is 7.03. The molecule has 0 spiro atoms. The lowest BCUT2D eigenvalue weighted by atomic mass is 10.1. The minimum Gasteiger partial charge on any atom is -0.493 e. The van der Waals surface area contributed by atoms with Crippen LogP contribution in [0.5, 0.6) is 11.5 Å². The molecule has 118 valence electrons. The fraction of sp³-hybridized carbons (Fsp3) is 0.400. The molecule has 0 bridgehead atoms. The Morgan fingerprint density at radius 2 is 2.09 bits per heavy atom. The molecule has 0 aliphatic carbocycles. The van der Waals surface area contributed by atoms with Crippen LogP contribution in [0.4, 0.5) is 0 Å². The van der Waals surface area contributed by atoms with Crippen LogP contribution in [0.15, 0.2) is 30.9 Å². The van der Waals surface area contributed by atoms with E-state index in [0.29, 0.717) is 31.0 Å². The summed E-state index contributed by atoms with van der Waals surface area (Å²) in [6.07, 6.45) is 4.16. The maximum atomic E-state index is 11.7. The van der Waals surface area contributed by atoms with Gasteiger partial charge in [-0.05, 0) is 24.1 Å². The lowest BCUT2D eigenvalue weighted by Crippen LogP contribution is -2.26. The molecule has 2 aromatic rings. The molecule has 0 unspecified atom stereocenters. The summed E-state index contributed by atoms with van der Waals surface area (Å²) < 4.78 is 12.1. The number of nitrogens with zero attached hydrogens (tertiary/aromatic N) is 3. The summed E-state index contributed by atoms with van der Waals surface area (Å²) >= 11 is 0. The highest BCUT2D eigenvalue weighted by Gasteiger charge is 2.06. The lowest BCUT2D eigenvalue weighted by Gasteiger charge is -2.10. The summed E-state index contributed by atoms with van der Waals surface area (Å²) in [5.41, 5.74) is 1.08. The zero-order chi connectivity index (χ0) is 15.8. The summed E-state index contributed by atoms with van der Waals surface area (Å²) in [5, 5.41) is 6.84. The van der Waals surface area contributed by atoms with Crippen LogP contribution in [-0.2, 0) is 17.8 Å². The predicted molar refractivity (Wildman–Crippen MR) is 80.9 cm³/mol. The van der Waals surface area contributed by atoms with Gasteiger partial charge in [0.05, 0.1) is 20.8 Å². The van der Waals surface area contributed by atoms with E-state index in [1.165, 1.54) is 6.33 Å². The molecule has 0 saturated carbocycles. The van der Waals surface area contributed by atoms with Crippen LogP contribution in [0, 0.1) is 0 Å². The molecule has 1 amide bonds. The molecule has 0 aliphatic rings. The lowest BCUT2D eigenvalue weighted by molar-refractivity contribution is -0.121. The van der Waals surface area contributed by atoms with E-state index in [0.717, 1.165) is 12.0 Å². The third-order valence-corrected chi connectivity index (χ3v) is 3.22. The van der Waals surface area contributed by atoms with Gasteiger partial charge in [-0.3, -0.25) is 9.48 Å². The van der Waals surface area contributed by atoms with E-state index >= 15 is 0 Å². The Morgan fingerprint density at radius 1 is 1.27 bits per heavy atom. The summed E-state index contributed by atoms with van der Waals surface area (Å²) in [7, 11) is 3.21. The Kier molecular flexibility index (Phi) is 5.76. The van der Waals surface area contributed by atoms with Crippen molar-refractivity contribution >= 4 is 5.91 Å². The van der Waals surface area contributed by atoms with Gasteiger partial charge in [-0.2, -0.15) is 5.10 Å². The second kappa shape index (κ2) is 8.02. The molecule has 0 fully saturated rings. The molecule has 2 rings (SSSR count). The Hall–Kier alpha value is -2.57. The van der Waals surface area contributed by atoms with E-state index in [1.807, 2.05) is 18.2 Å². The van der Waals surface area contributed by atoms with E-state index < -0.39 is 0 Å². The molecule has 1 N–H and O–H groups in total. The first-order valence-corrected chi connectivity index (χ1v) is 7.03. The second-order valence-electron chi connectivity index (χ2n) is 4.70. The van der Waals surface area contributed by atoms with Gasteiger partial charge in [-0.15, -0.1) is 0 Å². The molecule has 1 heterocycles. The number of aromatic nitrogens is 3. The van der Waals surface area contributed by atoms with Crippen molar-refractivity contribution in [2.45, 2.75) is 19.4 Å². The van der Waals surface area contributed by atoms with Crippen LogP contribution >= 0.6 is 0 Å². The van der Waals surface area contributed by atoms with Gasteiger partial charge in [0, 0.05) is 13.0 Å². The van der Waals surface area contributed by atoms with Gasteiger partial charge in [0.25, 0.3) is 0 Å². The zero-order valence-corrected chi connectivity index (χ0v) is 12.8. The Bertz CT molecular complexity index is 599. The quantitative estimate of drug-likeness (QED) is 0.788. The van der Waals surface area contributed by atoms with Crippen LogP contribution in [0.2, 0.25) is 0 Å². The summed E-state index contributed by atoms with van der Waals surface area (Å²) in [6, 6.07) is 5.74. The van der Waals surface area contributed by atoms with Crippen molar-refractivity contribution in [3.05, 3.63) is 36.4 Å². The van der Waals surface area contributed by atoms with E-state index in [1.54, 1.807) is 25.2 Å². The fourth-order valence-corrected chi connectivity index (χ4v) is 2.04. The maximum absolute atomic E-state index is 11.7. The number of amides is 1. The fourth-order valence-electron chi connectivity index (χ4n) is 2.04. The van der Waals surface area contributed by atoms with Gasteiger partial charge in [0.1, 0.15) is 12.7 Å². The number of aryl methyl sites for hydroxylation is 1. The highest BCUT2D eigenvalue weighted by atomic mass is 16.5. The Morgan fingerprint density at radius 3 is 2.77 bits per heavy atom. The normalized spacial score (nSPS) is 10.3. The number of carbonyl (C=O) groups excluding carboxylic acids is 1. The first-order chi connectivity index (χ1) is 10.7. The molecule has 0 aliphatic heterocycles. The SMILES string of the molecule is COc1ccc(CCNC(=O)CCn2cncn2)cc1OC. The van der Waals surface area contributed by atoms with Crippen LogP contribution in [0.1, 0.15) is 12.0 Å². The van der Waals surface area contributed by atoms with Gasteiger partial charge in [-0.25, -0.2) is 4.98 Å². The van der Waals surface area contributed by atoms with Gasteiger partial charge < -0.3 is 14.8 Å². The average Bonchev–Trinajstić information content (AvgIpc) is 3.06. The first kappa shape index (κ1) is 15.8. The van der Waals surface area contributed by atoms with Gasteiger partial charge in [0.15, 0.2) is 11.5 Å². The summed E-state index contributed by atoms with van der Waals surface area (Å²) in [4.78, 5) is 15.6. The van der Waals surface area contributed by atoms with Crippen LogP contribution in [0.3, 0.4) is 0 Å². The van der Waals surface area contributed by atoms with E-state index in [-0.39, 0.29) is 5.91 Å². The number of methoxy groups -OCH3 is 2. The Balaban J connectivity index is 1.74. The third-order valence-electron chi connectivity index (χ3n) is 3.22. The number of nitrogens with one attached hydrogen (secondary N) is 1. The van der Waals surface area contributed by atoms with Crippen molar-refractivity contribution in [1.29, 1.82) is 0 Å². The molecule has 0 atom stereocenters. The number of hydrogen-bond acceptors (Lipinski definition) is 5. The highest BCUT2D eigenvalue weighted by molar-refractivity contribution is 5.75. The minimum absolute atomic E-state index is 0.00373. The number of benzene rings is 1. The molecule has 0 radical (unpaired) electrons. The van der Waals surface area contributed by atoms with Crippen molar-refractivity contribution in [1.82, 2.24) is 20.1 Å². The second-order valence-corrected chi connectivity index (χ2v) is 4.70. The minimum atomic E-state index is -0.00373. The topological polar surface area (TPSA) is 78.3 Å². The van der Waals surface area contributed by atoms with Crippen molar-refractivity contribution in [3.63, 3.8) is 0 Å². The number of hydrogen-bond donors (Lipinski definition) is 1. The van der Waals surface area contributed by atoms with E-state index in [4.69, 9.17) is 9.47 Å². The summed E-state index contributed by atoms with van der Waals surface area (Å²) in [5.74, 6) is 1.39. The van der Waals surface area contributed by atoms with Crippen LogP contribution < -0.4 is 14.8 Å². The van der Waals surface area contributed by atoms with Gasteiger partial charge >= 0.3 is 0 Å². The van der Waals surface area contributed by atoms with Crippen molar-refractivity contribution in [2.75, 3.05) is 20.8 Å². The molecule has 1 aromatic carbocycles. The number of carbonyl (C=O) groups is 1. The van der Waals surface area contributed by atoms with Gasteiger partial charge in [-0.1, -0.05) is 6.07 Å². The molecular formula is C15H20N4O3. The number of ether oxygens (including phenoxy) is 2. The average molecular weight is 304 g/mol. The molecule has 22 heavy (non-hydrogen) atoms. The summed E-state index contributed by atoms with van der Waals surface area (Å²) in [6.45, 7) is 1.11. The molecular weight excluding hydrogens is 284 g/mol. The highest BCUT2D eigenvalue weighted by Crippen LogP contribution is 2.27. The Labute approximate surface area is 129 Å². The molecule has 7 heteroatoms. The van der Waals surface area contributed by atoms with Gasteiger partial charge in [0.2, 0.25) is 5.91 Å². The molecule has 7 nitrogen and oxygen atoms in total. The predicted octanol–water partition coefficient (Wildman–Crippen LogP) is 1.04. The smallest absolute Gasteiger partial charge is 0.221 e. The molecule has 0 saturated heterocycles. The van der Waals surface area contributed by atoms with E-state index in [9.17, 15) is 4.79 Å². The maximum Gasteiger partial charge on any atom is 0.221 e. The third kappa shape index (κ3) is 4.47. The zero-order valence-electron chi connectivity index (χ0n) is 12.8. The monoisotopic (exact) mass is 304 g/mol. The van der Waals surface area contributed by atoms with Crippen molar-refractivity contribution in [2.24, 2.45) is 0 Å². The number of rotatable bonds is 8.